The molecule has 0 amide bonds. The topological polar surface area (TPSA) is 29.3 Å². The van der Waals surface area contributed by atoms with E-state index in [1.165, 1.54) is 31.2 Å². The number of nitrogens with two attached hydrogens (primary N) is 1. The molecule has 0 radical (unpaired) electrons. The van der Waals surface area contributed by atoms with Gasteiger partial charge in [0.1, 0.15) is 0 Å². The van der Waals surface area contributed by atoms with Crippen LogP contribution in [0.3, 0.4) is 0 Å². The summed E-state index contributed by atoms with van der Waals surface area (Å²) >= 11 is 3.56. The van der Waals surface area contributed by atoms with Gasteiger partial charge in [0.15, 0.2) is 0 Å². The van der Waals surface area contributed by atoms with Gasteiger partial charge in [-0.15, -0.1) is 0 Å². The van der Waals surface area contributed by atoms with E-state index >= 15 is 0 Å². The van der Waals surface area contributed by atoms with Gasteiger partial charge in [-0.25, -0.2) is 0 Å². The van der Waals surface area contributed by atoms with Crippen LogP contribution in [0.4, 0.5) is 0 Å². The molecule has 1 aliphatic rings. The summed E-state index contributed by atoms with van der Waals surface area (Å²) < 4.78 is 1.13. The minimum Gasteiger partial charge on any atom is -0.329 e. The van der Waals surface area contributed by atoms with Crippen molar-refractivity contribution in [2.24, 2.45) is 11.1 Å². The van der Waals surface area contributed by atoms with Crippen LogP contribution in [0.15, 0.2) is 28.7 Å². The molecule has 1 aromatic rings. The molecule has 3 heteroatoms. The number of benzene rings is 1. The maximum absolute atomic E-state index is 6.06. The summed E-state index contributed by atoms with van der Waals surface area (Å²) in [6.07, 6.45) is 5.21. The first-order valence-electron chi connectivity index (χ1n) is 7.60. The van der Waals surface area contributed by atoms with E-state index in [-0.39, 0.29) is 0 Å². The molecule has 1 aliphatic carbocycles. The van der Waals surface area contributed by atoms with E-state index < -0.39 is 0 Å². The van der Waals surface area contributed by atoms with Gasteiger partial charge < -0.3 is 5.73 Å². The van der Waals surface area contributed by atoms with Crippen molar-refractivity contribution in [3.8, 4) is 0 Å². The zero-order valence-corrected chi connectivity index (χ0v) is 14.5. The Bertz CT molecular complexity index is 434. The predicted octanol–water partition coefficient (Wildman–Crippen LogP) is 4.35. The van der Waals surface area contributed by atoms with Crippen molar-refractivity contribution >= 4 is 15.9 Å². The second-order valence-corrected chi connectivity index (χ2v) is 7.78. The molecule has 1 unspecified atom stereocenters. The van der Waals surface area contributed by atoms with E-state index in [2.05, 4.69) is 66.0 Å². The molecule has 20 heavy (non-hydrogen) atoms. The molecule has 0 bridgehead atoms. The van der Waals surface area contributed by atoms with E-state index in [1.807, 2.05) is 0 Å². The van der Waals surface area contributed by atoms with E-state index in [4.69, 9.17) is 5.73 Å². The standard InChI is InChI=1S/C17H27BrN2/c1-17(2)9-7-15(8-10-17)20(3)16(12-19)13-5-4-6-14(18)11-13/h4-6,11,15-16H,7-10,12,19H2,1-3H3. The van der Waals surface area contributed by atoms with Crippen molar-refractivity contribution in [1.29, 1.82) is 0 Å². The summed E-state index contributed by atoms with van der Waals surface area (Å²) in [6.45, 7) is 5.45. The number of rotatable bonds is 4. The third-order valence-corrected chi connectivity index (χ3v) is 5.33. The van der Waals surface area contributed by atoms with E-state index in [1.54, 1.807) is 0 Å². The summed E-state index contributed by atoms with van der Waals surface area (Å²) in [6, 6.07) is 9.53. The lowest BCUT2D eigenvalue weighted by Gasteiger charge is -2.41. The molecule has 1 fully saturated rings. The first-order valence-corrected chi connectivity index (χ1v) is 8.40. The molecule has 0 aromatic heterocycles. The lowest BCUT2D eigenvalue weighted by atomic mass is 9.75. The van der Waals surface area contributed by atoms with Crippen LogP contribution in [0.2, 0.25) is 0 Å². The van der Waals surface area contributed by atoms with Crippen LogP contribution in [0.25, 0.3) is 0 Å². The van der Waals surface area contributed by atoms with Crippen LogP contribution in [0, 0.1) is 5.41 Å². The van der Waals surface area contributed by atoms with Crippen LogP contribution >= 0.6 is 15.9 Å². The summed E-state index contributed by atoms with van der Waals surface area (Å²) in [5.74, 6) is 0. The summed E-state index contributed by atoms with van der Waals surface area (Å²) in [5.41, 5.74) is 7.89. The number of likely N-dealkylation sites (N-methyl/N-ethyl adjacent to an activating group) is 1. The van der Waals surface area contributed by atoms with Gasteiger partial charge in [0.05, 0.1) is 0 Å². The van der Waals surface area contributed by atoms with Gasteiger partial charge in [0, 0.05) is 23.1 Å². The fourth-order valence-electron chi connectivity index (χ4n) is 3.30. The second-order valence-electron chi connectivity index (χ2n) is 6.87. The lowest BCUT2D eigenvalue weighted by molar-refractivity contribution is 0.0966. The Hall–Kier alpha value is -0.380. The third-order valence-electron chi connectivity index (χ3n) is 4.83. The van der Waals surface area contributed by atoms with Crippen molar-refractivity contribution in [3.63, 3.8) is 0 Å². The Morgan fingerprint density at radius 3 is 2.55 bits per heavy atom. The van der Waals surface area contributed by atoms with E-state index in [9.17, 15) is 0 Å². The normalized spacial score (nSPS) is 21.1. The summed E-state index contributed by atoms with van der Waals surface area (Å²) in [7, 11) is 2.24. The monoisotopic (exact) mass is 338 g/mol. The Morgan fingerprint density at radius 1 is 1.35 bits per heavy atom. The molecule has 0 heterocycles. The Balaban J connectivity index is 2.08. The first kappa shape index (κ1) is 16.0. The molecular formula is C17H27BrN2. The number of hydrogen-bond acceptors (Lipinski definition) is 2. The molecule has 1 atom stereocenters. The van der Waals surface area contributed by atoms with Gasteiger partial charge in [-0.2, -0.15) is 0 Å². The molecule has 1 aromatic carbocycles. The minimum atomic E-state index is 0.318. The smallest absolute Gasteiger partial charge is 0.0470 e. The van der Waals surface area contributed by atoms with Gasteiger partial charge in [-0.1, -0.05) is 41.9 Å². The number of nitrogens with zero attached hydrogens (tertiary/aromatic N) is 1. The Labute approximate surface area is 131 Å². The molecule has 0 saturated heterocycles. The zero-order valence-electron chi connectivity index (χ0n) is 12.9. The third kappa shape index (κ3) is 3.84. The highest BCUT2D eigenvalue weighted by Crippen LogP contribution is 2.38. The fraction of sp³-hybridized carbons (Fsp3) is 0.647. The second kappa shape index (κ2) is 6.59. The van der Waals surface area contributed by atoms with Crippen LogP contribution < -0.4 is 5.73 Å². The molecular weight excluding hydrogens is 312 g/mol. The van der Waals surface area contributed by atoms with Gasteiger partial charge in [-0.3, -0.25) is 4.90 Å². The molecule has 2 N–H and O–H groups in total. The van der Waals surface area contributed by atoms with Gasteiger partial charge in [-0.05, 0) is 55.8 Å². The fourth-order valence-corrected chi connectivity index (χ4v) is 3.71. The lowest BCUT2D eigenvalue weighted by Crippen LogP contribution is -2.41. The van der Waals surface area contributed by atoms with Crippen molar-refractivity contribution in [2.45, 2.75) is 51.6 Å². The van der Waals surface area contributed by atoms with Crippen LogP contribution in [0.1, 0.15) is 51.1 Å². The largest absolute Gasteiger partial charge is 0.329 e. The molecule has 2 nitrogen and oxygen atoms in total. The average molecular weight is 339 g/mol. The molecule has 0 aliphatic heterocycles. The Kier molecular flexibility index (Phi) is 5.27. The SMILES string of the molecule is CN(C1CCC(C)(C)CC1)C(CN)c1cccc(Br)c1. The van der Waals surface area contributed by atoms with Crippen molar-refractivity contribution < 1.29 is 0 Å². The summed E-state index contributed by atoms with van der Waals surface area (Å²) in [4.78, 5) is 2.50. The number of hydrogen-bond donors (Lipinski definition) is 1. The molecule has 0 spiro atoms. The average Bonchev–Trinajstić information content (AvgIpc) is 2.39. The van der Waals surface area contributed by atoms with Crippen molar-refractivity contribution in [2.75, 3.05) is 13.6 Å². The highest BCUT2D eigenvalue weighted by Gasteiger charge is 2.31. The number of halogens is 1. The molecule has 112 valence electrons. The Morgan fingerprint density at radius 2 is 2.00 bits per heavy atom. The molecule has 2 rings (SSSR count). The highest BCUT2D eigenvalue weighted by molar-refractivity contribution is 9.10. The highest BCUT2D eigenvalue weighted by atomic mass is 79.9. The maximum Gasteiger partial charge on any atom is 0.0470 e. The van der Waals surface area contributed by atoms with Crippen LogP contribution in [-0.2, 0) is 0 Å². The van der Waals surface area contributed by atoms with E-state index in [0.29, 0.717) is 24.0 Å². The molecule has 1 saturated carbocycles. The van der Waals surface area contributed by atoms with Crippen LogP contribution in [-0.4, -0.2) is 24.5 Å². The quantitative estimate of drug-likeness (QED) is 0.884. The van der Waals surface area contributed by atoms with Crippen molar-refractivity contribution in [1.82, 2.24) is 4.90 Å². The van der Waals surface area contributed by atoms with Crippen LogP contribution in [0.5, 0.6) is 0 Å². The first-order chi connectivity index (χ1) is 9.43. The predicted molar refractivity (Wildman–Crippen MR) is 89.7 cm³/mol. The van der Waals surface area contributed by atoms with Gasteiger partial charge in [0.2, 0.25) is 0 Å². The van der Waals surface area contributed by atoms with E-state index in [0.717, 1.165) is 4.47 Å². The van der Waals surface area contributed by atoms with Crippen molar-refractivity contribution in [3.05, 3.63) is 34.3 Å². The minimum absolute atomic E-state index is 0.318. The zero-order chi connectivity index (χ0) is 14.8. The summed E-state index contributed by atoms with van der Waals surface area (Å²) in [5, 5.41) is 0. The maximum atomic E-state index is 6.06. The van der Waals surface area contributed by atoms with Gasteiger partial charge in [0.25, 0.3) is 0 Å². The van der Waals surface area contributed by atoms with Gasteiger partial charge >= 0.3 is 0 Å².